The number of halogens is 1. The molecule has 1 aromatic carbocycles. The van der Waals surface area contributed by atoms with Gasteiger partial charge in [-0.2, -0.15) is 0 Å². The van der Waals surface area contributed by atoms with Crippen molar-refractivity contribution in [1.82, 2.24) is 0 Å². The molecule has 0 heterocycles. The molecule has 1 N–H and O–H groups in total. The van der Waals surface area contributed by atoms with Crippen molar-refractivity contribution < 1.29 is 9.90 Å². The summed E-state index contributed by atoms with van der Waals surface area (Å²) in [6.45, 7) is 4.04. The van der Waals surface area contributed by atoms with Crippen molar-refractivity contribution in [2.45, 2.75) is 32.1 Å². The summed E-state index contributed by atoms with van der Waals surface area (Å²) in [5.74, 6) is -0.800. The van der Waals surface area contributed by atoms with Crippen LogP contribution in [0.25, 0.3) is 0 Å². The molecule has 1 unspecified atom stereocenters. The third-order valence-corrected chi connectivity index (χ3v) is 3.05. The molecule has 0 bridgehead atoms. The van der Waals surface area contributed by atoms with Gasteiger partial charge in [-0.15, -0.1) is 11.6 Å². The molecule has 0 aliphatic carbocycles. The van der Waals surface area contributed by atoms with Crippen LogP contribution in [0.15, 0.2) is 18.2 Å². The van der Waals surface area contributed by atoms with Gasteiger partial charge in [0.2, 0.25) is 0 Å². The minimum Gasteiger partial charge on any atom is -0.481 e. The van der Waals surface area contributed by atoms with Crippen LogP contribution in [-0.2, 0) is 4.79 Å². The first-order valence-electron chi connectivity index (χ1n) is 4.94. The summed E-state index contributed by atoms with van der Waals surface area (Å²) in [6, 6.07) is 5.94. The average Bonchev–Trinajstić information content (AvgIpc) is 2.18. The number of rotatable bonds is 4. The molecule has 3 heteroatoms. The van der Waals surface area contributed by atoms with Gasteiger partial charge in [0.05, 0.1) is 5.38 Å². The Kier molecular flexibility index (Phi) is 4.15. The molecule has 0 aliphatic rings. The minimum absolute atomic E-state index is 0.113. The number of hydrogen-bond acceptors (Lipinski definition) is 1. The standard InChI is InChI=1S/C12H15ClO2/c1-8-4-3-5-10(9(8)2)11(13)6-7-12(14)15/h3-5,11H,6-7H2,1-2H3,(H,14,15). The third-order valence-electron chi connectivity index (χ3n) is 2.60. The van der Waals surface area contributed by atoms with E-state index >= 15 is 0 Å². The molecule has 0 radical (unpaired) electrons. The molecule has 82 valence electrons. The zero-order valence-corrected chi connectivity index (χ0v) is 9.71. The SMILES string of the molecule is Cc1cccc(C(Cl)CCC(=O)O)c1C. The Balaban J connectivity index is 2.77. The van der Waals surface area contributed by atoms with Crippen molar-refractivity contribution in [2.24, 2.45) is 0 Å². The van der Waals surface area contributed by atoms with E-state index in [0.717, 1.165) is 11.1 Å². The van der Waals surface area contributed by atoms with Gasteiger partial charge in [0.25, 0.3) is 0 Å². The van der Waals surface area contributed by atoms with Crippen molar-refractivity contribution in [3.63, 3.8) is 0 Å². The highest BCUT2D eigenvalue weighted by Crippen LogP contribution is 2.29. The number of benzene rings is 1. The lowest BCUT2D eigenvalue weighted by Gasteiger charge is -2.13. The lowest BCUT2D eigenvalue weighted by Crippen LogP contribution is -2.00. The number of hydrogen-bond donors (Lipinski definition) is 1. The van der Waals surface area contributed by atoms with Crippen LogP contribution >= 0.6 is 11.6 Å². The Morgan fingerprint density at radius 2 is 2.13 bits per heavy atom. The van der Waals surface area contributed by atoms with Gasteiger partial charge < -0.3 is 5.11 Å². The van der Waals surface area contributed by atoms with E-state index in [-0.39, 0.29) is 11.8 Å². The largest absolute Gasteiger partial charge is 0.481 e. The predicted octanol–water partition coefficient (Wildman–Crippen LogP) is 3.45. The van der Waals surface area contributed by atoms with E-state index in [9.17, 15) is 4.79 Å². The van der Waals surface area contributed by atoms with Crippen LogP contribution in [0.5, 0.6) is 0 Å². The van der Waals surface area contributed by atoms with Crippen molar-refractivity contribution >= 4 is 17.6 Å². The molecule has 0 spiro atoms. The van der Waals surface area contributed by atoms with E-state index in [1.54, 1.807) is 0 Å². The smallest absolute Gasteiger partial charge is 0.303 e. The van der Waals surface area contributed by atoms with Crippen molar-refractivity contribution in [2.75, 3.05) is 0 Å². The van der Waals surface area contributed by atoms with Crippen LogP contribution < -0.4 is 0 Å². The van der Waals surface area contributed by atoms with Gasteiger partial charge in [-0.25, -0.2) is 0 Å². The van der Waals surface area contributed by atoms with E-state index in [0.29, 0.717) is 6.42 Å². The van der Waals surface area contributed by atoms with E-state index in [1.165, 1.54) is 5.56 Å². The first-order valence-corrected chi connectivity index (χ1v) is 5.38. The van der Waals surface area contributed by atoms with Gasteiger partial charge in [0.1, 0.15) is 0 Å². The Labute approximate surface area is 94.9 Å². The van der Waals surface area contributed by atoms with Crippen molar-refractivity contribution in [3.05, 3.63) is 34.9 Å². The van der Waals surface area contributed by atoms with E-state index in [1.807, 2.05) is 32.0 Å². The lowest BCUT2D eigenvalue weighted by molar-refractivity contribution is -0.137. The quantitative estimate of drug-likeness (QED) is 0.799. The summed E-state index contributed by atoms with van der Waals surface area (Å²) in [5.41, 5.74) is 3.38. The molecule has 0 amide bonds. The summed E-state index contributed by atoms with van der Waals surface area (Å²) >= 11 is 6.16. The van der Waals surface area contributed by atoms with Gasteiger partial charge >= 0.3 is 5.97 Å². The first-order chi connectivity index (χ1) is 7.02. The van der Waals surface area contributed by atoms with Crippen LogP contribution in [0.3, 0.4) is 0 Å². The van der Waals surface area contributed by atoms with Crippen LogP contribution in [0, 0.1) is 13.8 Å². The topological polar surface area (TPSA) is 37.3 Å². The number of carbonyl (C=O) groups is 1. The van der Waals surface area contributed by atoms with E-state index < -0.39 is 5.97 Å². The fraction of sp³-hybridized carbons (Fsp3) is 0.417. The van der Waals surface area contributed by atoms with Crippen LogP contribution in [0.4, 0.5) is 0 Å². The molecule has 1 aromatic rings. The summed E-state index contributed by atoms with van der Waals surface area (Å²) < 4.78 is 0. The summed E-state index contributed by atoms with van der Waals surface area (Å²) in [5, 5.41) is 8.37. The number of carboxylic acids is 1. The maximum absolute atomic E-state index is 10.4. The predicted molar refractivity (Wildman–Crippen MR) is 61.4 cm³/mol. The second-order valence-electron chi connectivity index (χ2n) is 3.69. The fourth-order valence-corrected chi connectivity index (χ4v) is 1.86. The van der Waals surface area contributed by atoms with Crippen molar-refractivity contribution in [3.8, 4) is 0 Å². The van der Waals surface area contributed by atoms with Crippen LogP contribution in [0.1, 0.15) is 34.9 Å². The molecule has 15 heavy (non-hydrogen) atoms. The zero-order valence-electron chi connectivity index (χ0n) is 8.96. The van der Waals surface area contributed by atoms with E-state index in [2.05, 4.69) is 0 Å². The van der Waals surface area contributed by atoms with Gasteiger partial charge in [-0.3, -0.25) is 4.79 Å². The molecule has 1 rings (SSSR count). The average molecular weight is 227 g/mol. The second-order valence-corrected chi connectivity index (χ2v) is 4.22. The number of carboxylic acid groups (broad SMARTS) is 1. The molecule has 0 saturated heterocycles. The third kappa shape index (κ3) is 3.24. The lowest BCUT2D eigenvalue weighted by atomic mass is 9.98. The van der Waals surface area contributed by atoms with Crippen molar-refractivity contribution in [1.29, 1.82) is 0 Å². The molecular weight excluding hydrogens is 212 g/mol. The summed E-state index contributed by atoms with van der Waals surface area (Å²) in [6.07, 6.45) is 0.586. The van der Waals surface area contributed by atoms with Crippen LogP contribution in [0.2, 0.25) is 0 Å². The van der Waals surface area contributed by atoms with Gasteiger partial charge in [0, 0.05) is 6.42 Å². The molecule has 0 saturated carbocycles. The second kappa shape index (κ2) is 5.17. The fourth-order valence-electron chi connectivity index (χ4n) is 1.52. The highest BCUT2D eigenvalue weighted by molar-refractivity contribution is 6.21. The minimum atomic E-state index is -0.800. The molecule has 0 aromatic heterocycles. The Hall–Kier alpha value is -1.02. The first kappa shape index (κ1) is 12.1. The molecular formula is C12H15ClO2. The highest BCUT2D eigenvalue weighted by Gasteiger charge is 2.12. The monoisotopic (exact) mass is 226 g/mol. The Bertz CT molecular complexity index is 361. The Morgan fingerprint density at radius 1 is 1.47 bits per heavy atom. The highest BCUT2D eigenvalue weighted by atomic mass is 35.5. The summed E-state index contributed by atoms with van der Waals surface area (Å²) in [4.78, 5) is 10.4. The summed E-state index contributed by atoms with van der Waals surface area (Å²) in [7, 11) is 0. The van der Waals surface area contributed by atoms with Gasteiger partial charge in [0.15, 0.2) is 0 Å². The molecule has 0 aliphatic heterocycles. The normalized spacial score (nSPS) is 12.5. The van der Waals surface area contributed by atoms with Gasteiger partial charge in [-0.05, 0) is 37.0 Å². The maximum atomic E-state index is 10.4. The maximum Gasteiger partial charge on any atom is 0.303 e. The number of aliphatic carboxylic acids is 1. The molecule has 0 fully saturated rings. The van der Waals surface area contributed by atoms with Crippen LogP contribution in [-0.4, -0.2) is 11.1 Å². The molecule has 1 atom stereocenters. The number of alkyl halides is 1. The Morgan fingerprint density at radius 3 is 2.73 bits per heavy atom. The molecule has 2 nitrogen and oxygen atoms in total. The van der Waals surface area contributed by atoms with E-state index in [4.69, 9.17) is 16.7 Å². The number of aryl methyl sites for hydroxylation is 1. The zero-order chi connectivity index (χ0) is 11.4. The van der Waals surface area contributed by atoms with Gasteiger partial charge in [-0.1, -0.05) is 18.2 Å².